The van der Waals surface area contributed by atoms with Gasteiger partial charge in [-0.1, -0.05) is 47.5 Å². The molecule has 0 saturated heterocycles. The summed E-state index contributed by atoms with van der Waals surface area (Å²) in [6, 6.07) is 13.3. The van der Waals surface area contributed by atoms with Crippen molar-refractivity contribution >= 4 is 40.9 Å². The molecule has 3 rings (SSSR count). The highest BCUT2D eigenvalue weighted by molar-refractivity contribution is 7.99. The lowest BCUT2D eigenvalue weighted by atomic mass is 10.1. The van der Waals surface area contributed by atoms with Crippen LogP contribution in [0.2, 0.25) is 10.0 Å². The van der Waals surface area contributed by atoms with Gasteiger partial charge >= 0.3 is 0 Å². The molecule has 7 heteroatoms. The van der Waals surface area contributed by atoms with Crippen molar-refractivity contribution in [2.45, 2.75) is 12.3 Å². The molecule has 4 nitrogen and oxygen atoms in total. The summed E-state index contributed by atoms with van der Waals surface area (Å²) >= 11 is 13.8. The summed E-state index contributed by atoms with van der Waals surface area (Å²) in [7, 11) is 0. The number of rotatable bonds is 7. The highest BCUT2D eigenvalue weighted by atomic mass is 35.5. The van der Waals surface area contributed by atoms with Gasteiger partial charge in [0.2, 0.25) is 5.91 Å². The lowest BCUT2D eigenvalue weighted by molar-refractivity contribution is -0.118. The third-order valence-electron chi connectivity index (χ3n) is 3.79. The number of aromatic nitrogens is 2. The summed E-state index contributed by atoms with van der Waals surface area (Å²) < 4.78 is 1.93. The maximum Gasteiger partial charge on any atom is 0.230 e. The smallest absolute Gasteiger partial charge is 0.230 e. The number of nitrogens with one attached hydrogen (secondary N) is 1. The molecule has 0 fully saturated rings. The fourth-order valence-corrected chi connectivity index (χ4v) is 4.07. The average Bonchev–Trinajstić information content (AvgIpc) is 3.17. The van der Waals surface area contributed by atoms with E-state index in [1.54, 1.807) is 24.7 Å². The van der Waals surface area contributed by atoms with Gasteiger partial charge in [0.1, 0.15) is 0 Å². The van der Waals surface area contributed by atoms with E-state index in [1.165, 1.54) is 11.8 Å². The number of carbonyl (C=O) groups is 1. The SMILES string of the molecule is O=C(CSCc1c(Cl)cccc1Cl)NCc1ccccc1-n1ccnc1. The first-order valence-electron chi connectivity index (χ1n) is 7.98. The number of halogens is 2. The van der Waals surface area contributed by atoms with E-state index in [0.717, 1.165) is 16.8 Å². The Balaban J connectivity index is 1.52. The number of thioether (sulfide) groups is 1. The molecule has 0 saturated carbocycles. The van der Waals surface area contributed by atoms with E-state index < -0.39 is 0 Å². The average molecular weight is 406 g/mol. The minimum absolute atomic E-state index is 0.0291. The van der Waals surface area contributed by atoms with Crippen LogP contribution in [0.4, 0.5) is 0 Å². The summed E-state index contributed by atoms with van der Waals surface area (Å²) in [5.41, 5.74) is 2.89. The zero-order chi connectivity index (χ0) is 18.4. The zero-order valence-electron chi connectivity index (χ0n) is 13.9. The van der Waals surface area contributed by atoms with Crippen LogP contribution < -0.4 is 5.32 Å². The number of hydrogen-bond acceptors (Lipinski definition) is 3. The van der Waals surface area contributed by atoms with Crippen LogP contribution in [0.3, 0.4) is 0 Å². The predicted molar refractivity (Wildman–Crippen MR) is 108 cm³/mol. The number of amides is 1. The van der Waals surface area contributed by atoms with E-state index >= 15 is 0 Å². The normalized spacial score (nSPS) is 10.7. The molecule has 1 N–H and O–H groups in total. The van der Waals surface area contributed by atoms with E-state index in [-0.39, 0.29) is 5.91 Å². The lowest BCUT2D eigenvalue weighted by Gasteiger charge is -2.11. The molecule has 0 atom stereocenters. The largest absolute Gasteiger partial charge is 0.351 e. The second kappa shape index (κ2) is 9.12. The third-order valence-corrected chi connectivity index (χ3v) is 5.46. The Morgan fingerprint density at radius 1 is 1.12 bits per heavy atom. The van der Waals surface area contributed by atoms with Crippen LogP contribution in [0.15, 0.2) is 61.2 Å². The Bertz CT molecular complexity index is 864. The Kier molecular flexibility index (Phi) is 6.61. The van der Waals surface area contributed by atoms with Crippen LogP contribution in [0.1, 0.15) is 11.1 Å². The van der Waals surface area contributed by atoms with Crippen LogP contribution in [0.5, 0.6) is 0 Å². The molecule has 0 aliphatic rings. The Labute approximate surface area is 166 Å². The monoisotopic (exact) mass is 405 g/mol. The molecule has 1 amide bonds. The lowest BCUT2D eigenvalue weighted by Crippen LogP contribution is -2.25. The van der Waals surface area contributed by atoms with Gasteiger partial charge < -0.3 is 9.88 Å². The van der Waals surface area contributed by atoms with Gasteiger partial charge in [0.25, 0.3) is 0 Å². The Morgan fingerprint density at radius 2 is 1.88 bits per heavy atom. The molecule has 3 aromatic rings. The van der Waals surface area contributed by atoms with Crippen molar-refractivity contribution in [1.82, 2.24) is 14.9 Å². The van der Waals surface area contributed by atoms with Crippen LogP contribution in [0, 0.1) is 0 Å². The van der Waals surface area contributed by atoms with Gasteiger partial charge in [-0.25, -0.2) is 4.98 Å². The Hall–Kier alpha value is -1.95. The van der Waals surface area contributed by atoms with E-state index in [2.05, 4.69) is 10.3 Å². The van der Waals surface area contributed by atoms with Crippen LogP contribution >= 0.6 is 35.0 Å². The summed E-state index contributed by atoms with van der Waals surface area (Å²) in [5, 5.41) is 4.21. The van der Waals surface area contributed by atoms with E-state index in [9.17, 15) is 4.79 Å². The second-order valence-electron chi connectivity index (χ2n) is 5.57. The molecular formula is C19H17Cl2N3OS. The van der Waals surface area contributed by atoms with Crippen molar-refractivity contribution in [3.05, 3.63) is 82.4 Å². The van der Waals surface area contributed by atoms with E-state index in [4.69, 9.17) is 23.2 Å². The van der Waals surface area contributed by atoms with Gasteiger partial charge in [0.05, 0.1) is 17.8 Å². The van der Waals surface area contributed by atoms with Crippen molar-refractivity contribution in [3.8, 4) is 5.69 Å². The molecule has 0 unspecified atom stereocenters. The predicted octanol–water partition coefficient (Wildman–Crippen LogP) is 4.73. The molecule has 26 heavy (non-hydrogen) atoms. The highest BCUT2D eigenvalue weighted by Crippen LogP contribution is 2.28. The van der Waals surface area contributed by atoms with Gasteiger partial charge in [-0.05, 0) is 29.3 Å². The third kappa shape index (κ3) is 4.81. The zero-order valence-corrected chi connectivity index (χ0v) is 16.2. The first-order chi connectivity index (χ1) is 12.6. The first kappa shape index (κ1) is 18.8. The minimum atomic E-state index is -0.0291. The standard InChI is InChI=1S/C19H17Cl2N3OS/c20-16-5-3-6-17(21)15(16)11-26-12-19(25)23-10-14-4-1-2-7-18(14)24-9-8-22-13-24/h1-9,13H,10-12H2,(H,23,25). The number of hydrogen-bond donors (Lipinski definition) is 1. The highest BCUT2D eigenvalue weighted by Gasteiger charge is 2.09. The van der Waals surface area contributed by atoms with Gasteiger partial charge in [-0.2, -0.15) is 0 Å². The number of benzene rings is 2. The van der Waals surface area contributed by atoms with Gasteiger partial charge in [0.15, 0.2) is 0 Å². The minimum Gasteiger partial charge on any atom is -0.351 e. The number of carbonyl (C=O) groups excluding carboxylic acids is 1. The van der Waals surface area contributed by atoms with Gasteiger partial charge in [0, 0.05) is 34.7 Å². The fourth-order valence-electron chi connectivity index (χ4n) is 2.47. The molecule has 1 heterocycles. The molecule has 0 aliphatic carbocycles. The second-order valence-corrected chi connectivity index (χ2v) is 7.37. The summed E-state index contributed by atoms with van der Waals surface area (Å²) in [5.74, 6) is 0.908. The quantitative estimate of drug-likeness (QED) is 0.617. The van der Waals surface area contributed by atoms with E-state index in [1.807, 2.05) is 41.1 Å². The molecular weight excluding hydrogens is 389 g/mol. The molecule has 0 radical (unpaired) electrons. The number of para-hydroxylation sites is 1. The number of imidazole rings is 1. The summed E-state index contributed by atoms with van der Waals surface area (Å²) in [6.07, 6.45) is 5.35. The van der Waals surface area contributed by atoms with Crippen molar-refractivity contribution in [2.24, 2.45) is 0 Å². The summed E-state index contributed by atoms with van der Waals surface area (Å²) in [4.78, 5) is 16.2. The molecule has 0 aliphatic heterocycles. The van der Waals surface area contributed by atoms with Crippen molar-refractivity contribution in [2.75, 3.05) is 5.75 Å². The molecule has 134 valence electrons. The van der Waals surface area contributed by atoms with Crippen molar-refractivity contribution < 1.29 is 4.79 Å². The Morgan fingerprint density at radius 3 is 2.62 bits per heavy atom. The molecule has 0 spiro atoms. The maximum absolute atomic E-state index is 12.2. The van der Waals surface area contributed by atoms with E-state index in [0.29, 0.717) is 28.1 Å². The summed E-state index contributed by atoms with van der Waals surface area (Å²) in [6.45, 7) is 0.459. The fraction of sp³-hybridized carbons (Fsp3) is 0.158. The van der Waals surface area contributed by atoms with Crippen LogP contribution in [-0.4, -0.2) is 21.2 Å². The van der Waals surface area contributed by atoms with Crippen molar-refractivity contribution in [1.29, 1.82) is 0 Å². The first-order valence-corrected chi connectivity index (χ1v) is 9.90. The molecule has 2 aromatic carbocycles. The van der Waals surface area contributed by atoms with Crippen LogP contribution in [0.25, 0.3) is 5.69 Å². The van der Waals surface area contributed by atoms with Gasteiger partial charge in [-0.15, -0.1) is 11.8 Å². The topological polar surface area (TPSA) is 46.9 Å². The number of nitrogens with zero attached hydrogens (tertiary/aromatic N) is 2. The van der Waals surface area contributed by atoms with Crippen LogP contribution in [-0.2, 0) is 17.1 Å². The van der Waals surface area contributed by atoms with Gasteiger partial charge in [-0.3, -0.25) is 4.79 Å². The molecule has 1 aromatic heterocycles. The maximum atomic E-state index is 12.2. The van der Waals surface area contributed by atoms with Crippen molar-refractivity contribution in [3.63, 3.8) is 0 Å². The molecule has 0 bridgehead atoms.